The Bertz CT molecular complexity index is 859. The molecule has 0 saturated heterocycles. The van der Waals surface area contributed by atoms with E-state index in [1.54, 1.807) is 36.9 Å². The molecule has 1 N–H and O–H groups in total. The number of ether oxygens (including phenoxy) is 1. The zero-order valence-corrected chi connectivity index (χ0v) is 16.6. The van der Waals surface area contributed by atoms with E-state index >= 15 is 0 Å². The number of hydrogen-bond acceptors (Lipinski definition) is 5. The summed E-state index contributed by atoms with van der Waals surface area (Å²) in [5.74, 6) is 0.172. The molecule has 0 radical (unpaired) electrons. The van der Waals surface area contributed by atoms with Crippen LogP contribution in [0.3, 0.4) is 0 Å². The number of amides is 2. The third kappa shape index (κ3) is 3.68. The second-order valence-corrected chi connectivity index (χ2v) is 8.28. The fraction of sp³-hybridized carbons (Fsp3) is 0.389. The quantitative estimate of drug-likeness (QED) is 0.853. The Morgan fingerprint density at radius 1 is 1.38 bits per heavy atom. The van der Waals surface area contributed by atoms with Gasteiger partial charge in [0.2, 0.25) is 5.91 Å². The van der Waals surface area contributed by atoms with Crippen molar-refractivity contribution in [1.82, 2.24) is 4.98 Å². The average molecular weight is 394 g/mol. The minimum atomic E-state index is -0.999. The maximum atomic E-state index is 12.8. The number of aromatic nitrogens is 1. The highest BCUT2D eigenvalue weighted by Crippen LogP contribution is 2.39. The summed E-state index contributed by atoms with van der Waals surface area (Å²) in [5, 5.41) is 3.86. The topological polar surface area (TPSA) is 71.5 Å². The number of nitrogens with one attached hydrogen (secondary N) is 1. The molecule has 2 aromatic rings. The molecule has 0 fully saturated rings. The van der Waals surface area contributed by atoms with Gasteiger partial charge in [0, 0.05) is 22.9 Å². The van der Waals surface area contributed by atoms with Gasteiger partial charge in [0.1, 0.15) is 5.75 Å². The van der Waals surface area contributed by atoms with E-state index in [4.69, 9.17) is 16.3 Å². The molecule has 0 unspecified atom stereocenters. The number of aryl methyl sites for hydroxylation is 2. The molecule has 8 heteroatoms. The van der Waals surface area contributed by atoms with Crippen LogP contribution in [0, 0.1) is 13.8 Å². The van der Waals surface area contributed by atoms with E-state index in [0.717, 1.165) is 10.6 Å². The number of anilines is 2. The Balaban J connectivity index is 1.74. The number of carbonyl (C=O) groups excluding carboxylic acids is 2. The van der Waals surface area contributed by atoms with Gasteiger partial charge < -0.3 is 15.0 Å². The fourth-order valence-corrected chi connectivity index (χ4v) is 3.68. The molecule has 0 saturated carbocycles. The Hall–Kier alpha value is -2.12. The molecule has 1 aromatic heterocycles. The van der Waals surface area contributed by atoms with Gasteiger partial charge in [-0.1, -0.05) is 11.6 Å². The highest BCUT2D eigenvalue weighted by Gasteiger charge is 2.40. The summed E-state index contributed by atoms with van der Waals surface area (Å²) in [6, 6.07) is 5.12. The van der Waals surface area contributed by atoms with Gasteiger partial charge in [0.15, 0.2) is 10.7 Å². The summed E-state index contributed by atoms with van der Waals surface area (Å²) in [5.41, 5.74) is 0.482. The van der Waals surface area contributed by atoms with Crippen molar-refractivity contribution in [3.05, 3.63) is 33.8 Å². The Morgan fingerprint density at radius 2 is 2.12 bits per heavy atom. The molecule has 1 aliphatic heterocycles. The number of hydrogen-bond donors (Lipinski definition) is 1. The molecule has 138 valence electrons. The maximum Gasteiger partial charge on any atom is 0.270 e. The Morgan fingerprint density at radius 3 is 2.77 bits per heavy atom. The van der Waals surface area contributed by atoms with Crippen LogP contribution in [-0.4, -0.2) is 28.9 Å². The fourth-order valence-electron chi connectivity index (χ4n) is 2.68. The zero-order valence-electron chi connectivity index (χ0n) is 15.1. The molecule has 1 aliphatic rings. The first-order valence-corrected chi connectivity index (χ1v) is 9.41. The van der Waals surface area contributed by atoms with Gasteiger partial charge in [-0.2, -0.15) is 0 Å². The Kier molecular flexibility index (Phi) is 4.94. The van der Waals surface area contributed by atoms with Gasteiger partial charge in [-0.05, 0) is 45.9 Å². The first-order chi connectivity index (χ1) is 12.2. The van der Waals surface area contributed by atoms with Crippen LogP contribution < -0.4 is 15.0 Å². The molecular formula is C18H20ClN3O3S. The van der Waals surface area contributed by atoms with Crippen LogP contribution >= 0.6 is 22.9 Å². The number of rotatable bonds is 4. The van der Waals surface area contributed by atoms with Crippen LogP contribution in [0.15, 0.2) is 18.2 Å². The van der Waals surface area contributed by atoms with Crippen molar-refractivity contribution >= 4 is 45.6 Å². The van der Waals surface area contributed by atoms with Crippen molar-refractivity contribution < 1.29 is 14.3 Å². The molecule has 3 rings (SSSR count). The van der Waals surface area contributed by atoms with Crippen molar-refractivity contribution in [2.75, 3.05) is 16.8 Å². The van der Waals surface area contributed by atoms with Gasteiger partial charge in [0.25, 0.3) is 5.91 Å². The molecule has 6 nitrogen and oxygen atoms in total. The zero-order chi connectivity index (χ0) is 19.1. The van der Waals surface area contributed by atoms with Crippen LogP contribution in [0.5, 0.6) is 5.75 Å². The van der Waals surface area contributed by atoms with E-state index in [0.29, 0.717) is 21.6 Å². The van der Waals surface area contributed by atoms with Crippen molar-refractivity contribution in [3.63, 3.8) is 0 Å². The lowest BCUT2D eigenvalue weighted by Crippen LogP contribution is -2.53. The van der Waals surface area contributed by atoms with Crippen LogP contribution in [0.4, 0.5) is 10.8 Å². The summed E-state index contributed by atoms with van der Waals surface area (Å²) in [6.07, 6.45) is 0.144. The number of halogens is 1. The van der Waals surface area contributed by atoms with Gasteiger partial charge in [0.05, 0.1) is 11.4 Å². The summed E-state index contributed by atoms with van der Waals surface area (Å²) in [7, 11) is 0. The molecule has 2 amide bonds. The molecule has 0 bridgehead atoms. The summed E-state index contributed by atoms with van der Waals surface area (Å²) in [6.45, 7) is 7.50. The van der Waals surface area contributed by atoms with Gasteiger partial charge >= 0.3 is 0 Å². The lowest BCUT2D eigenvalue weighted by atomic mass is 10.0. The number of thiazole rings is 1. The molecule has 0 atom stereocenters. The average Bonchev–Trinajstić information content (AvgIpc) is 2.86. The predicted octanol–water partition coefficient (Wildman–Crippen LogP) is 3.95. The molecule has 2 heterocycles. The molecule has 0 spiro atoms. The van der Waals surface area contributed by atoms with Crippen LogP contribution in [0.1, 0.15) is 30.8 Å². The van der Waals surface area contributed by atoms with Crippen molar-refractivity contribution in [1.29, 1.82) is 0 Å². The monoisotopic (exact) mass is 393 g/mol. The number of benzene rings is 1. The van der Waals surface area contributed by atoms with Crippen LogP contribution in [0.25, 0.3) is 0 Å². The third-order valence-corrected chi connectivity index (χ3v) is 5.40. The van der Waals surface area contributed by atoms with E-state index in [1.807, 2.05) is 13.8 Å². The van der Waals surface area contributed by atoms with Crippen molar-refractivity contribution in [2.45, 2.75) is 39.7 Å². The van der Waals surface area contributed by atoms with Gasteiger partial charge in [-0.25, -0.2) is 4.98 Å². The van der Waals surface area contributed by atoms with Gasteiger partial charge in [-0.3, -0.25) is 9.59 Å². The largest absolute Gasteiger partial charge is 0.476 e. The first kappa shape index (κ1) is 18.7. The van der Waals surface area contributed by atoms with E-state index in [2.05, 4.69) is 10.3 Å². The smallest absolute Gasteiger partial charge is 0.270 e. The van der Waals surface area contributed by atoms with Crippen molar-refractivity contribution in [2.24, 2.45) is 0 Å². The van der Waals surface area contributed by atoms with Gasteiger partial charge in [-0.15, -0.1) is 11.3 Å². The molecule has 26 heavy (non-hydrogen) atoms. The second kappa shape index (κ2) is 6.89. The minimum absolute atomic E-state index is 0.144. The molecular weight excluding hydrogens is 374 g/mol. The van der Waals surface area contributed by atoms with Crippen LogP contribution in [-0.2, 0) is 9.59 Å². The van der Waals surface area contributed by atoms with E-state index < -0.39 is 5.60 Å². The summed E-state index contributed by atoms with van der Waals surface area (Å²) < 4.78 is 5.78. The predicted molar refractivity (Wildman–Crippen MR) is 103 cm³/mol. The van der Waals surface area contributed by atoms with E-state index in [-0.39, 0.29) is 24.8 Å². The Labute approximate surface area is 161 Å². The van der Waals surface area contributed by atoms with Crippen molar-refractivity contribution in [3.8, 4) is 5.75 Å². The standard InChI is InChI=1S/C18H20ClN3O3S/c1-10-11(2)26-17(20-10)21-15(23)7-8-22-13-9-12(19)5-6-14(13)25-18(3,4)16(22)24/h5-6,9H,7-8H2,1-4H3,(H,20,21,23). The lowest BCUT2D eigenvalue weighted by Gasteiger charge is -2.38. The number of nitrogens with zero attached hydrogens (tertiary/aromatic N) is 2. The normalized spacial score (nSPS) is 15.4. The molecule has 0 aliphatic carbocycles. The molecule has 1 aromatic carbocycles. The highest BCUT2D eigenvalue weighted by molar-refractivity contribution is 7.15. The van der Waals surface area contributed by atoms with E-state index in [9.17, 15) is 9.59 Å². The SMILES string of the molecule is Cc1nc(NC(=O)CCN2C(=O)C(C)(C)Oc3ccc(Cl)cc32)sc1C. The number of carbonyl (C=O) groups is 2. The first-order valence-electron chi connectivity index (χ1n) is 8.22. The van der Waals surface area contributed by atoms with Crippen LogP contribution in [0.2, 0.25) is 5.02 Å². The maximum absolute atomic E-state index is 12.8. The number of fused-ring (bicyclic) bond motifs is 1. The van der Waals surface area contributed by atoms with E-state index in [1.165, 1.54) is 11.3 Å². The lowest BCUT2D eigenvalue weighted by molar-refractivity contribution is -0.132. The third-order valence-electron chi connectivity index (χ3n) is 4.17. The second-order valence-electron chi connectivity index (χ2n) is 6.64. The summed E-state index contributed by atoms with van der Waals surface area (Å²) >= 11 is 7.50. The highest BCUT2D eigenvalue weighted by atomic mass is 35.5. The minimum Gasteiger partial charge on any atom is -0.476 e. The summed E-state index contributed by atoms with van der Waals surface area (Å²) in [4.78, 5) is 32.0.